The van der Waals surface area contributed by atoms with Crippen LogP contribution in [-0.2, 0) is 6.54 Å². The van der Waals surface area contributed by atoms with E-state index < -0.39 is 12.7 Å². The summed E-state index contributed by atoms with van der Waals surface area (Å²) in [5.74, 6) is 0.436. The zero-order valence-electron chi connectivity index (χ0n) is 8.50. The quantitative estimate of drug-likeness (QED) is 0.944. The summed E-state index contributed by atoms with van der Waals surface area (Å²) in [6.45, 7) is -1.03. The first-order valence-corrected chi connectivity index (χ1v) is 5.52. The molecule has 0 saturated heterocycles. The van der Waals surface area contributed by atoms with Crippen LogP contribution in [0.1, 0.15) is 5.82 Å². The summed E-state index contributed by atoms with van der Waals surface area (Å²) in [5, 5.41) is 9.94. The maximum Gasteiger partial charge on any atom is 0.401 e. The Hall–Kier alpha value is -1.15. The van der Waals surface area contributed by atoms with Crippen LogP contribution < -0.4 is 5.32 Å². The van der Waals surface area contributed by atoms with Gasteiger partial charge in [-0.15, -0.1) is 10.2 Å². The van der Waals surface area contributed by atoms with Crippen LogP contribution in [-0.4, -0.2) is 27.3 Å². The Morgan fingerprint density at radius 1 is 1.29 bits per heavy atom. The third kappa shape index (κ3) is 3.16. The van der Waals surface area contributed by atoms with Crippen LogP contribution in [0.3, 0.4) is 0 Å². The fourth-order valence-corrected chi connectivity index (χ4v) is 1.69. The highest BCUT2D eigenvalue weighted by Gasteiger charge is 2.26. The Balaban J connectivity index is 2.11. The Kier molecular flexibility index (Phi) is 3.34. The minimum Gasteiger partial charge on any atom is -0.302 e. The number of hydrogen-bond donors (Lipinski definition) is 1. The largest absolute Gasteiger partial charge is 0.401 e. The van der Waals surface area contributed by atoms with Crippen LogP contribution in [0.15, 0.2) is 22.8 Å². The molecule has 0 bridgehead atoms. The zero-order valence-corrected chi connectivity index (χ0v) is 10.1. The first kappa shape index (κ1) is 12.3. The molecule has 0 aliphatic heterocycles. The van der Waals surface area contributed by atoms with E-state index in [1.807, 2.05) is 0 Å². The third-order valence-corrected chi connectivity index (χ3v) is 2.51. The number of pyridine rings is 1. The number of aromatic nitrogens is 3. The van der Waals surface area contributed by atoms with E-state index in [9.17, 15) is 13.2 Å². The van der Waals surface area contributed by atoms with E-state index in [0.29, 0.717) is 11.5 Å². The molecule has 0 saturated carbocycles. The van der Waals surface area contributed by atoms with Crippen LogP contribution in [0.25, 0.3) is 5.65 Å². The minimum absolute atomic E-state index is 0.0110. The highest BCUT2D eigenvalue weighted by Crippen LogP contribution is 2.14. The smallest absolute Gasteiger partial charge is 0.302 e. The first-order valence-electron chi connectivity index (χ1n) is 4.72. The Morgan fingerprint density at radius 2 is 2.06 bits per heavy atom. The van der Waals surface area contributed by atoms with Crippen molar-refractivity contribution in [3.05, 3.63) is 28.6 Å². The predicted molar refractivity (Wildman–Crippen MR) is 58.4 cm³/mol. The molecule has 0 radical (unpaired) electrons. The summed E-state index contributed by atoms with van der Waals surface area (Å²) in [7, 11) is 0. The van der Waals surface area contributed by atoms with E-state index in [1.165, 1.54) is 0 Å². The second-order valence-corrected chi connectivity index (χ2v) is 4.33. The van der Waals surface area contributed by atoms with Crippen LogP contribution in [0, 0.1) is 0 Å². The molecule has 0 atom stereocenters. The van der Waals surface area contributed by atoms with Gasteiger partial charge in [-0.2, -0.15) is 13.2 Å². The molecule has 17 heavy (non-hydrogen) atoms. The molecular weight excluding hydrogens is 301 g/mol. The van der Waals surface area contributed by atoms with Gasteiger partial charge in [-0.05, 0) is 28.1 Å². The highest BCUT2D eigenvalue weighted by molar-refractivity contribution is 9.10. The van der Waals surface area contributed by atoms with Crippen molar-refractivity contribution in [1.82, 2.24) is 19.9 Å². The van der Waals surface area contributed by atoms with Gasteiger partial charge in [0.1, 0.15) is 0 Å². The molecule has 0 aliphatic carbocycles. The van der Waals surface area contributed by atoms with Crippen molar-refractivity contribution in [2.24, 2.45) is 0 Å². The van der Waals surface area contributed by atoms with Gasteiger partial charge in [0.05, 0.1) is 13.1 Å². The van der Waals surface area contributed by atoms with Crippen molar-refractivity contribution in [2.75, 3.05) is 6.54 Å². The lowest BCUT2D eigenvalue weighted by Gasteiger charge is -2.07. The SMILES string of the molecule is FC(F)(F)CNCc1nnc2ccc(Br)cn12. The molecule has 0 fully saturated rings. The third-order valence-electron chi connectivity index (χ3n) is 2.05. The molecule has 2 aromatic rings. The molecular formula is C9H8BrF3N4. The normalized spacial score (nSPS) is 12.2. The molecule has 1 N–H and O–H groups in total. The number of alkyl halides is 3. The lowest BCUT2D eigenvalue weighted by Crippen LogP contribution is -2.28. The van der Waals surface area contributed by atoms with Gasteiger partial charge < -0.3 is 5.32 Å². The number of nitrogens with zero attached hydrogens (tertiary/aromatic N) is 3. The van der Waals surface area contributed by atoms with Gasteiger partial charge in [0.25, 0.3) is 0 Å². The lowest BCUT2D eigenvalue weighted by atomic mass is 10.4. The molecule has 2 rings (SSSR count). The fraction of sp³-hybridized carbons (Fsp3) is 0.333. The van der Waals surface area contributed by atoms with E-state index >= 15 is 0 Å². The molecule has 2 aromatic heterocycles. The Bertz CT molecular complexity index is 522. The molecule has 0 aliphatic rings. The average molecular weight is 309 g/mol. The minimum atomic E-state index is -4.22. The molecule has 4 nitrogen and oxygen atoms in total. The van der Waals surface area contributed by atoms with E-state index in [-0.39, 0.29) is 6.54 Å². The zero-order chi connectivity index (χ0) is 12.5. The Morgan fingerprint density at radius 3 is 2.76 bits per heavy atom. The number of hydrogen-bond acceptors (Lipinski definition) is 3. The summed E-state index contributed by atoms with van der Waals surface area (Å²) in [6.07, 6.45) is -2.51. The van der Waals surface area contributed by atoms with Gasteiger partial charge in [0, 0.05) is 10.7 Å². The second kappa shape index (κ2) is 4.61. The molecule has 2 heterocycles. The maximum atomic E-state index is 11.9. The van der Waals surface area contributed by atoms with Crippen molar-refractivity contribution in [1.29, 1.82) is 0 Å². The van der Waals surface area contributed by atoms with Gasteiger partial charge in [-0.3, -0.25) is 4.40 Å². The van der Waals surface area contributed by atoms with Crippen molar-refractivity contribution in [3.63, 3.8) is 0 Å². The van der Waals surface area contributed by atoms with Gasteiger partial charge in [-0.1, -0.05) is 0 Å². The lowest BCUT2D eigenvalue weighted by molar-refractivity contribution is -0.125. The Labute approximate surface area is 103 Å². The van der Waals surface area contributed by atoms with Gasteiger partial charge in [0.15, 0.2) is 11.5 Å². The van der Waals surface area contributed by atoms with Crippen LogP contribution >= 0.6 is 15.9 Å². The summed E-state index contributed by atoms with van der Waals surface area (Å²) < 4.78 is 38.3. The first-order chi connectivity index (χ1) is 7.96. The van der Waals surface area contributed by atoms with Crippen molar-refractivity contribution in [2.45, 2.75) is 12.7 Å². The molecule has 0 unspecified atom stereocenters. The fourth-order valence-electron chi connectivity index (χ4n) is 1.35. The van der Waals surface area contributed by atoms with Crippen molar-refractivity contribution in [3.8, 4) is 0 Å². The van der Waals surface area contributed by atoms with Crippen molar-refractivity contribution < 1.29 is 13.2 Å². The van der Waals surface area contributed by atoms with Crippen molar-refractivity contribution >= 4 is 21.6 Å². The van der Waals surface area contributed by atoms with Gasteiger partial charge in [0.2, 0.25) is 0 Å². The summed E-state index contributed by atoms with van der Waals surface area (Å²) in [4.78, 5) is 0. The van der Waals surface area contributed by atoms with Gasteiger partial charge in [-0.25, -0.2) is 0 Å². The molecule has 0 spiro atoms. The molecule has 0 amide bonds. The second-order valence-electron chi connectivity index (χ2n) is 3.41. The topological polar surface area (TPSA) is 42.2 Å². The summed E-state index contributed by atoms with van der Waals surface area (Å²) in [5.41, 5.74) is 0.594. The standard InChI is InChI=1S/C9H8BrF3N4/c10-6-1-2-7-15-16-8(17(7)4-6)3-14-5-9(11,12)13/h1-2,4,14H,3,5H2. The van der Waals surface area contributed by atoms with Crippen LogP contribution in [0.4, 0.5) is 13.2 Å². The van der Waals surface area contributed by atoms with Crippen LogP contribution in [0.2, 0.25) is 0 Å². The number of rotatable bonds is 3. The summed E-state index contributed by atoms with van der Waals surface area (Å²) >= 11 is 3.27. The van der Waals surface area contributed by atoms with E-state index in [4.69, 9.17) is 0 Å². The van der Waals surface area contributed by atoms with E-state index in [1.54, 1.807) is 22.7 Å². The molecule has 0 aromatic carbocycles. The van der Waals surface area contributed by atoms with Gasteiger partial charge >= 0.3 is 6.18 Å². The monoisotopic (exact) mass is 308 g/mol. The van der Waals surface area contributed by atoms with E-state index in [0.717, 1.165) is 4.47 Å². The number of fused-ring (bicyclic) bond motifs is 1. The average Bonchev–Trinajstić information content (AvgIpc) is 2.59. The predicted octanol–water partition coefficient (Wildman–Crippen LogP) is 2.14. The van der Waals surface area contributed by atoms with E-state index in [2.05, 4.69) is 31.4 Å². The molecule has 8 heteroatoms. The summed E-state index contributed by atoms with van der Waals surface area (Å²) in [6, 6.07) is 3.52. The number of halogens is 4. The van der Waals surface area contributed by atoms with Crippen LogP contribution in [0.5, 0.6) is 0 Å². The highest BCUT2D eigenvalue weighted by atomic mass is 79.9. The maximum absolute atomic E-state index is 11.9. The molecule has 92 valence electrons. The number of nitrogens with one attached hydrogen (secondary N) is 1.